The van der Waals surface area contributed by atoms with E-state index in [-0.39, 0.29) is 30.1 Å². The van der Waals surface area contributed by atoms with Crippen LogP contribution in [0, 0.1) is 5.41 Å². The highest BCUT2D eigenvalue weighted by Gasteiger charge is 2.31. The van der Waals surface area contributed by atoms with Gasteiger partial charge in [-0.05, 0) is 26.0 Å². The molecule has 0 saturated carbocycles. The number of ether oxygens (including phenoxy) is 1. The zero-order chi connectivity index (χ0) is 18.7. The van der Waals surface area contributed by atoms with Gasteiger partial charge >= 0.3 is 5.97 Å². The maximum absolute atomic E-state index is 12.8. The number of amides is 1. The molecule has 1 amide bonds. The number of morpholine rings is 1. The zero-order valence-electron chi connectivity index (χ0n) is 14.2. The van der Waals surface area contributed by atoms with Gasteiger partial charge in [0.05, 0.1) is 29.1 Å². The Morgan fingerprint density at radius 2 is 1.84 bits per heavy atom. The molecule has 1 heterocycles. The van der Waals surface area contributed by atoms with Crippen molar-refractivity contribution < 1.29 is 27.9 Å². The van der Waals surface area contributed by atoms with Gasteiger partial charge in [-0.25, -0.2) is 8.42 Å². The third-order valence-corrected chi connectivity index (χ3v) is 5.95. The van der Waals surface area contributed by atoms with Crippen molar-refractivity contribution in [2.24, 2.45) is 5.41 Å². The molecule has 0 aromatic heterocycles. The molecule has 0 aliphatic carbocycles. The van der Waals surface area contributed by atoms with Crippen LogP contribution in [0.4, 0.5) is 0 Å². The van der Waals surface area contributed by atoms with E-state index in [9.17, 15) is 18.0 Å². The van der Waals surface area contributed by atoms with Crippen LogP contribution in [0.15, 0.2) is 29.2 Å². The lowest BCUT2D eigenvalue weighted by Gasteiger charge is -2.27. The molecule has 1 saturated heterocycles. The first-order valence-corrected chi connectivity index (χ1v) is 9.29. The molecule has 0 radical (unpaired) electrons. The van der Waals surface area contributed by atoms with Crippen molar-refractivity contribution in [3.05, 3.63) is 29.8 Å². The Hall–Kier alpha value is -1.97. The molecule has 0 unspecified atom stereocenters. The van der Waals surface area contributed by atoms with Crippen LogP contribution in [-0.4, -0.2) is 62.6 Å². The van der Waals surface area contributed by atoms with Crippen molar-refractivity contribution in [1.29, 1.82) is 0 Å². The van der Waals surface area contributed by atoms with E-state index in [4.69, 9.17) is 9.84 Å². The molecule has 2 rings (SSSR count). The van der Waals surface area contributed by atoms with Gasteiger partial charge in [0.15, 0.2) is 0 Å². The van der Waals surface area contributed by atoms with E-state index < -0.39 is 27.3 Å². The smallest absolute Gasteiger partial charge is 0.310 e. The predicted octanol–water partition coefficient (Wildman–Crippen LogP) is 0.548. The Morgan fingerprint density at radius 1 is 1.24 bits per heavy atom. The summed E-state index contributed by atoms with van der Waals surface area (Å²) in [4.78, 5) is 23.5. The average Bonchev–Trinajstić information content (AvgIpc) is 2.60. The lowest BCUT2D eigenvalue weighted by atomic mass is 9.94. The molecule has 1 aliphatic heterocycles. The summed E-state index contributed by atoms with van der Waals surface area (Å²) in [5.74, 6) is -1.68. The van der Waals surface area contributed by atoms with Gasteiger partial charge in [0.1, 0.15) is 0 Å². The third kappa shape index (κ3) is 4.36. The molecular weight excluding hydrogens is 348 g/mol. The van der Waals surface area contributed by atoms with Crippen LogP contribution >= 0.6 is 0 Å². The second-order valence-corrected chi connectivity index (χ2v) is 8.29. The highest BCUT2D eigenvalue weighted by atomic mass is 32.2. The van der Waals surface area contributed by atoms with E-state index in [1.807, 2.05) is 0 Å². The quantitative estimate of drug-likeness (QED) is 0.756. The fraction of sp³-hybridized carbons (Fsp3) is 0.500. The fourth-order valence-corrected chi connectivity index (χ4v) is 3.87. The van der Waals surface area contributed by atoms with Gasteiger partial charge in [0.2, 0.25) is 10.0 Å². The maximum atomic E-state index is 12.8. The van der Waals surface area contributed by atoms with Gasteiger partial charge in [0.25, 0.3) is 5.91 Å². The number of benzene rings is 1. The van der Waals surface area contributed by atoms with Gasteiger partial charge in [-0.1, -0.05) is 12.1 Å². The minimum atomic E-state index is -3.83. The number of carboxylic acids is 1. The molecule has 1 aromatic rings. The predicted molar refractivity (Wildman–Crippen MR) is 89.8 cm³/mol. The van der Waals surface area contributed by atoms with Gasteiger partial charge in [-0.2, -0.15) is 4.31 Å². The number of carbonyl (C=O) groups excluding carboxylic acids is 1. The molecule has 25 heavy (non-hydrogen) atoms. The van der Waals surface area contributed by atoms with Crippen LogP contribution in [0.5, 0.6) is 0 Å². The summed E-state index contributed by atoms with van der Waals surface area (Å²) in [5.41, 5.74) is -1.16. The van der Waals surface area contributed by atoms with Crippen molar-refractivity contribution in [3.63, 3.8) is 0 Å². The monoisotopic (exact) mass is 370 g/mol. The molecule has 2 N–H and O–H groups in total. The third-order valence-electron chi connectivity index (χ3n) is 3.99. The number of hydrogen-bond acceptors (Lipinski definition) is 5. The molecule has 8 nitrogen and oxygen atoms in total. The second kappa shape index (κ2) is 7.51. The Balaban J connectivity index is 2.25. The van der Waals surface area contributed by atoms with Crippen molar-refractivity contribution in [2.75, 3.05) is 32.8 Å². The Morgan fingerprint density at radius 3 is 2.44 bits per heavy atom. The first-order chi connectivity index (χ1) is 11.7. The molecule has 1 fully saturated rings. The average molecular weight is 370 g/mol. The molecule has 138 valence electrons. The van der Waals surface area contributed by atoms with Crippen molar-refractivity contribution in [2.45, 2.75) is 18.7 Å². The molecule has 9 heteroatoms. The number of aliphatic carboxylic acids is 1. The van der Waals surface area contributed by atoms with Crippen molar-refractivity contribution >= 4 is 21.9 Å². The van der Waals surface area contributed by atoms with Crippen molar-refractivity contribution in [1.82, 2.24) is 9.62 Å². The SMILES string of the molecule is CC(C)(CNC(=O)c1ccccc1S(=O)(=O)N1CCOCC1)C(=O)O. The van der Waals surface area contributed by atoms with Crippen LogP contribution in [0.1, 0.15) is 24.2 Å². The number of nitrogens with zero attached hydrogens (tertiary/aromatic N) is 1. The first kappa shape index (κ1) is 19.4. The number of nitrogens with one attached hydrogen (secondary N) is 1. The zero-order valence-corrected chi connectivity index (χ0v) is 15.0. The van der Waals surface area contributed by atoms with Crippen LogP contribution in [0.2, 0.25) is 0 Å². The number of rotatable bonds is 6. The Kier molecular flexibility index (Phi) is 5.81. The van der Waals surface area contributed by atoms with Crippen LogP contribution in [-0.2, 0) is 19.6 Å². The van der Waals surface area contributed by atoms with E-state index in [0.29, 0.717) is 13.2 Å². The van der Waals surface area contributed by atoms with Gasteiger partial charge in [0, 0.05) is 19.6 Å². The van der Waals surface area contributed by atoms with E-state index in [2.05, 4.69) is 5.32 Å². The van der Waals surface area contributed by atoms with E-state index >= 15 is 0 Å². The van der Waals surface area contributed by atoms with Crippen LogP contribution in [0.25, 0.3) is 0 Å². The summed E-state index contributed by atoms with van der Waals surface area (Å²) < 4.78 is 32.1. The second-order valence-electron chi connectivity index (χ2n) is 6.38. The van der Waals surface area contributed by atoms with E-state index in [1.54, 1.807) is 12.1 Å². The fourth-order valence-electron chi connectivity index (χ4n) is 2.28. The molecule has 1 aliphatic rings. The summed E-state index contributed by atoms with van der Waals surface area (Å²) in [6.07, 6.45) is 0. The lowest BCUT2D eigenvalue weighted by molar-refractivity contribution is -0.146. The normalized spacial score (nSPS) is 16.4. The standard InChI is InChI=1S/C16H22N2O6S/c1-16(2,15(20)21)11-17-14(19)12-5-3-4-6-13(12)25(22,23)18-7-9-24-10-8-18/h3-6H,7-11H2,1-2H3,(H,17,19)(H,20,21). The lowest BCUT2D eigenvalue weighted by Crippen LogP contribution is -2.42. The number of sulfonamides is 1. The van der Waals surface area contributed by atoms with Gasteiger partial charge in [-0.3, -0.25) is 9.59 Å². The van der Waals surface area contributed by atoms with E-state index in [1.165, 1.54) is 30.3 Å². The van der Waals surface area contributed by atoms with Crippen LogP contribution < -0.4 is 5.32 Å². The molecule has 1 aromatic carbocycles. The van der Waals surface area contributed by atoms with Crippen LogP contribution in [0.3, 0.4) is 0 Å². The highest BCUT2D eigenvalue weighted by Crippen LogP contribution is 2.22. The minimum absolute atomic E-state index is 0.00446. The number of carbonyl (C=O) groups is 2. The maximum Gasteiger partial charge on any atom is 0.310 e. The highest BCUT2D eigenvalue weighted by molar-refractivity contribution is 7.89. The molecular formula is C16H22N2O6S. The minimum Gasteiger partial charge on any atom is -0.481 e. The summed E-state index contributed by atoms with van der Waals surface area (Å²) >= 11 is 0. The Labute approximate surface area is 146 Å². The summed E-state index contributed by atoms with van der Waals surface area (Å²) in [6.45, 7) is 3.90. The largest absolute Gasteiger partial charge is 0.481 e. The summed E-state index contributed by atoms with van der Waals surface area (Å²) in [6, 6.07) is 5.90. The topological polar surface area (TPSA) is 113 Å². The number of carboxylic acid groups (broad SMARTS) is 1. The summed E-state index contributed by atoms with van der Waals surface area (Å²) in [7, 11) is -3.83. The Bertz CT molecular complexity index is 754. The molecule has 0 spiro atoms. The van der Waals surface area contributed by atoms with Gasteiger partial charge < -0.3 is 15.2 Å². The summed E-state index contributed by atoms with van der Waals surface area (Å²) in [5, 5.41) is 11.6. The van der Waals surface area contributed by atoms with Crippen molar-refractivity contribution in [3.8, 4) is 0 Å². The molecule has 0 atom stereocenters. The number of hydrogen-bond donors (Lipinski definition) is 2. The van der Waals surface area contributed by atoms with Gasteiger partial charge in [-0.15, -0.1) is 0 Å². The van der Waals surface area contributed by atoms with E-state index in [0.717, 1.165) is 0 Å². The molecule has 0 bridgehead atoms. The first-order valence-electron chi connectivity index (χ1n) is 7.85.